The van der Waals surface area contributed by atoms with Gasteiger partial charge in [-0.3, -0.25) is 24.1 Å². The number of primary amides is 1. The van der Waals surface area contributed by atoms with Crippen molar-refractivity contribution in [3.8, 4) is 11.5 Å². The topological polar surface area (TPSA) is 128 Å². The maximum absolute atomic E-state index is 12.4. The van der Waals surface area contributed by atoms with Crippen molar-refractivity contribution in [2.45, 2.75) is 0 Å². The Morgan fingerprint density at radius 2 is 1.94 bits per heavy atom. The summed E-state index contributed by atoms with van der Waals surface area (Å²) < 4.78 is 11.7. The van der Waals surface area contributed by atoms with Gasteiger partial charge in [-0.05, 0) is 70.3 Å². The van der Waals surface area contributed by atoms with Crippen molar-refractivity contribution >= 4 is 69.1 Å². The molecule has 3 rings (SSSR count). The molecule has 0 spiro atoms. The molecule has 32 heavy (non-hydrogen) atoms. The van der Waals surface area contributed by atoms with Gasteiger partial charge in [0.25, 0.3) is 17.1 Å². The van der Waals surface area contributed by atoms with Gasteiger partial charge < -0.3 is 20.5 Å². The molecule has 4 amide bonds. The van der Waals surface area contributed by atoms with Crippen LogP contribution in [-0.4, -0.2) is 48.1 Å². The van der Waals surface area contributed by atoms with Gasteiger partial charge in [-0.25, -0.2) is 0 Å². The van der Waals surface area contributed by atoms with Crippen molar-refractivity contribution in [2.75, 3.05) is 25.6 Å². The SMILES string of the molecule is COc1cc(/C=C2\SC(=O)N(CC(N)=O)C2=O)cc(I)c1OCC(=O)Nc1ccccc1. The Balaban J connectivity index is 1.74. The Morgan fingerprint density at radius 3 is 2.59 bits per heavy atom. The second-order valence-electron chi connectivity index (χ2n) is 6.47. The predicted octanol–water partition coefficient (Wildman–Crippen LogP) is 2.84. The lowest BCUT2D eigenvalue weighted by molar-refractivity contribution is -0.127. The van der Waals surface area contributed by atoms with Crippen LogP contribution < -0.4 is 20.5 Å². The number of methoxy groups -OCH3 is 1. The smallest absolute Gasteiger partial charge is 0.294 e. The van der Waals surface area contributed by atoms with Gasteiger partial charge in [-0.1, -0.05) is 18.2 Å². The van der Waals surface area contributed by atoms with Gasteiger partial charge in [-0.2, -0.15) is 0 Å². The number of carbonyl (C=O) groups is 4. The third-order valence-electron chi connectivity index (χ3n) is 4.14. The zero-order valence-corrected chi connectivity index (χ0v) is 19.8. The fraction of sp³-hybridized carbons (Fsp3) is 0.143. The molecule has 2 aromatic rings. The van der Waals surface area contributed by atoms with Crippen LogP contribution in [0.1, 0.15) is 5.56 Å². The minimum Gasteiger partial charge on any atom is -0.493 e. The number of nitrogens with zero attached hydrogens (tertiary/aromatic N) is 1. The summed E-state index contributed by atoms with van der Waals surface area (Å²) in [7, 11) is 1.45. The van der Waals surface area contributed by atoms with E-state index in [1.54, 1.807) is 24.3 Å². The van der Waals surface area contributed by atoms with E-state index in [0.29, 0.717) is 26.3 Å². The van der Waals surface area contributed by atoms with Crippen LogP contribution in [0.5, 0.6) is 11.5 Å². The Kier molecular flexibility index (Phi) is 7.75. The third kappa shape index (κ3) is 5.79. The van der Waals surface area contributed by atoms with E-state index < -0.39 is 23.6 Å². The zero-order chi connectivity index (χ0) is 23.3. The molecule has 0 aromatic heterocycles. The maximum Gasteiger partial charge on any atom is 0.294 e. The van der Waals surface area contributed by atoms with E-state index in [1.165, 1.54) is 13.2 Å². The number of nitrogens with two attached hydrogens (primary N) is 1. The quantitative estimate of drug-likeness (QED) is 0.371. The van der Waals surface area contributed by atoms with Crippen LogP contribution in [0.25, 0.3) is 6.08 Å². The molecule has 166 valence electrons. The summed E-state index contributed by atoms with van der Waals surface area (Å²) in [6.07, 6.45) is 1.52. The number of carbonyl (C=O) groups excluding carboxylic acids is 4. The monoisotopic (exact) mass is 567 g/mol. The average molecular weight is 567 g/mol. The minimum absolute atomic E-state index is 0.157. The second-order valence-corrected chi connectivity index (χ2v) is 8.63. The molecule has 1 fully saturated rings. The number of benzene rings is 2. The molecular formula is C21H18IN3O6S. The lowest BCUT2D eigenvalue weighted by Crippen LogP contribution is -2.36. The van der Waals surface area contributed by atoms with Crippen LogP contribution in [0.3, 0.4) is 0 Å². The Hall–Kier alpha value is -3.06. The Morgan fingerprint density at radius 1 is 1.22 bits per heavy atom. The van der Waals surface area contributed by atoms with Crippen molar-refractivity contribution in [2.24, 2.45) is 5.73 Å². The average Bonchev–Trinajstić information content (AvgIpc) is 3.00. The van der Waals surface area contributed by atoms with Crippen LogP contribution in [0.4, 0.5) is 10.5 Å². The highest BCUT2D eigenvalue weighted by molar-refractivity contribution is 14.1. The van der Waals surface area contributed by atoms with E-state index in [4.69, 9.17) is 15.2 Å². The number of imide groups is 1. The number of para-hydroxylation sites is 1. The van der Waals surface area contributed by atoms with Gasteiger partial charge in [0.2, 0.25) is 5.91 Å². The number of anilines is 1. The molecule has 0 aliphatic carbocycles. The van der Waals surface area contributed by atoms with Crippen LogP contribution in [0.2, 0.25) is 0 Å². The molecule has 9 nitrogen and oxygen atoms in total. The van der Waals surface area contributed by atoms with E-state index in [9.17, 15) is 19.2 Å². The minimum atomic E-state index is -0.775. The number of thioether (sulfide) groups is 1. The second kappa shape index (κ2) is 10.5. The highest BCUT2D eigenvalue weighted by Gasteiger charge is 2.35. The third-order valence-corrected chi connectivity index (χ3v) is 5.85. The first kappa shape index (κ1) is 23.6. The van der Waals surface area contributed by atoms with E-state index in [0.717, 1.165) is 16.7 Å². The molecular weight excluding hydrogens is 549 g/mol. The summed E-state index contributed by atoms with van der Waals surface area (Å²) in [4.78, 5) is 48.6. The standard InChI is InChI=1S/C21H18IN3O6S/c1-30-15-8-12(9-16-20(28)25(10-17(23)26)21(29)32-16)7-14(22)19(15)31-11-18(27)24-13-5-3-2-4-6-13/h2-9H,10-11H2,1H3,(H2,23,26)(H,24,27)/b16-9-. The lowest BCUT2D eigenvalue weighted by atomic mass is 10.2. The van der Waals surface area contributed by atoms with Gasteiger partial charge >= 0.3 is 0 Å². The summed E-state index contributed by atoms with van der Waals surface area (Å²) in [5.74, 6) is -0.975. The molecule has 1 aliphatic rings. The molecule has 3 N–H and O–H groups in total. The molecule has 0 bridgehead atoms. The summed E-state index contributed by atoms with van der Waals surface area (Å²) in [6, 6.07) is 12.3. The van der Waals surface area contributed by atoms with E-state index >= 15 is 0 Å². The van der Waals surface area contributed by atoms with Crippen LogP contribution >= 0.6 is 34.4 Å². The summed E-state index contributed by atoms with van der Waals surface area (Å²) in [6.45, 7) is -0.701. The summed E-state index contributed by atoms with van der Waals surface area (Å²) in [5, 5.41) is 2.17. The number of halogens is 1. The lowest BCUT2D eigenvalue weighted by Gasteiger charge is -2.14. The molecule has 0 saturated carbocycles. The molecule has 0 unspecified atom stereocenters. The maximum atomic E-state index is 12.4. The number of nitrogens with one attached hydrogen (secondary N) is 1. The molecule has 2 aromatic carbocycles. The molecule has 11 heteroatoms. The number of rotatable bonds is 8. The molecule has 1 aliphatic heterocycles. The van der Waals surface area contributed by atoms with Gasteiger partial charge in [0.05, 0.1) is 15.6 Å². The molecule has 0 radical (unpaired) electrons. The number of ether oxygens (including phenoxy) is 2. The van der Waals surface area contributed by atoms with Crippen molar-refractivity contribution in [3.63, 3.8) is 0 Å². The van der Waals surface area contributed by atoms with Crippen molar-refractivity contribution < 1.29 is 28.7 Å². The molecule has 0 atom stereocenters. The van der Waals surface area contributed by atoms with Crippen molar-refractivity contribution in [1.29, 1.82) is 0 Å². The normalized spacial score (nSPS) is 14.6. The first-order valence-electron chi connectivity index (χ1n) is 9.17. The fourth-order valence-electron chi connectivity index (χ4n) is 2.76. The highest BCUT2D eigenvalue weighted by Crippen LogP contribution is 2.37. The van der Waals surface area contributed by atoms with Gasteiger partial charge in [0.15, 0.2) is 18.1 Å². The highest BCUT2D eigenvalue weighted by atomic mass is 127. The van der Waals surface area contributed by atoms with E-state index in [2.05, 4.69) is 5.32 Å². The Labute approximate surface area is 201 Å². The van der Waals surface area contributed by atoms with Gasteiger partial charge in [0, 0.05) is 5.69 Å². The van der Waals surface area contributed by atoms with Crippen LogP contribution in [0, 0.1) is 3.57 Å². The summed E-state index contributed by atoms with van der Waals surface area (Å²) in [5.41, 5.74) is 6.32. The molecule has 1 heterocycles. The van der Waals surface area contributed by atoms with Crippen LogP contribution in [0.15, 0.2) is 47.4 Å². The first-order chi connectivity index (χ1) is 15.3. The summed E-state index contributed by atoms with van der Waals surface area (Å²) >= 11 is 2.75. The van der Waals surface area contributed by atoms with Crippen molar-refractivity contribution in [3.05, 3.63) is 56.5 Å². The number of hydrogen-bond donors (Lipinski definition) is 2. The Bertz CT molecular complexity index is 1110. The van der Waals surface area contributed by atoms with Gasteiger partial charge in [-0.15, -0.1) is 0 Å². The fourth-order valence-corrected chi connectivity index (χ4v) is 4.38. The van der Waals surface area contributed by atoms with Crippen molar-refractivity contribution in [1.82, 2.24) is 4.90 Å². The number of amides is 4. The van der Waals surface area contributed by atoms with E-state index in [1.807, 2.05) is 40.8 Å². The molecule has 1 saturated heterocycles. The zero-order valence-electron chi connectivity index (χ0n) is 16.8. The van der Waals surface area contributed by atoms with Gasteiger partial charge in [0.1, 0.15) is 6.54 Å². The van der Waals surface area contributed by atoms with Crippen LogP contribution in [-0.2, 0) is 14.4 Å². The largest absolute Gasteiger partial charge is 0.493 e. The first-order valence-corrected chi connectivity index (χ1v) is 11.1. The predicted molar refractivity (Wildman–Crippen MR) is 128 cm³/mol. The number of hydrogen-bond acceptors (Lipinski definition) is 7. The van der Waals surface area contributed by atoms with E-state index in [-0.39, 0.29) is 17.4 Å².